The number of rotatable bonds is 8. The fourth-order valence-corrected chi connectivity index (χ4v) is 1.95. The first-order valence-electron chi connectivity index (χ1n) is 6.52. The number of hydrogen-bond donors (Lipinski definition) is 1. The molecule has 1 saturated heterocycles. The van der Waals surface area contributed by atoms with Crippen molar-refractivity contribution in [3.63, 3.8) is 0 Å². The minimum absolute atomic E-state index is 0.0836. The zero-order valence-electron chi connectivity index (χ0n) is 10.7. The van der Waals surface area contributed by atoms with E-state index in [-0.39, 0.29) is 18.2 Å². The Morgan fingerprint density at radius 2 is 2.12 bits per heavy atom. The van der Waals surface area contributed by atoms with Crippen LogP contribution in [0.2, 0.25) is 0 Å². The number of nitrogens with one attached hydrogen (secondary N) is 1. The first kappa shape index (κ1) is 13.8. The maximum atomic E-state index is 11.0. The van der Waals surface area contributed by atoms with Gasteiger partial charge in [0.1, 0.15) is 6.10 Å². The molecule has 1 N–H and O–H groups in total. The fourth-order valence-electron chi connectivity index (χ4n) is 1.95. The summed E-state index contributed by atoms with van der Waals surface area (Å²) in [6, 6.07) is 0.0836. The van der Waals surface area contributed by atoms with Crippen LogP contribution in [0.3, 0.4) is 0 Å². The normalized spacial score (nSPS) is 23.7. The van der Waals surface area contributed by atoms with Crippen LogP contribution in [-0.2, 0) is 4.74 Å². The summed E-state index contributed by atoms with van der Waals surface area (Å²) in [4.78, 5) is 11.0. The van der Waals surface area contributed by atoms with Crippen LogP contribution < -0.4 is 5.32 Å². The van der Waals surface area contributed by atoms with Gasteiger partial charge in [0, 0.05) is 0 Å². The van der Waals surface area contributed by atoms with E-state index in [2.05, 4.69) is 31.0 Å². The third-order valence-electron chi connectivity index (χ3n) is 2.96. The lowest BCUT2D eigenvalue weighted by Crippen LogP contribution is -2.30. The van der Waals surface area contributed by atoms with Crippen LogP contribution in [0.5, 0.6) is 0 Å². The highest BCUT2D eigenvalue weighted by Crippen LogP contribution is 2.14. The minimum atomic E-state index is -0.327. The number of allylic oxidation sites excluding steroid dienone is 2. The van der Waals surface area contributed by atoms with Crippen LogP contribution >= 0.6 is 0 Å². The molecule has 1 rings (SSSR count). The first-order chi connectivity index (χ1) is 8.27. The van der Waals surface area contributed by atoms with Crippen molar-refractivity contribution in [2.45, 2.75) is 57.6 Å². The van der Waals surface area contributed by atoms with Crippen LogP contribution in [0, 0.1) is 0 Å². The average Bonchev–Trinajstić information content (AvgIpc) is 2.68. The highest BCUT2D eigenvalue weighted by atomic mass is 16.6. The summed E-state index contributed by atoms with van der Waals surface area (Å²) >= 11 is 0. The SMILES string of the molecule is C=C[C@@H]1OC(=O)N[C@@H]1CC/C=C/CCCCC. The molecule has 0 spiro atoms. The Morgan fingerprint density at radius 1 is 1.35 bits per heavy atom. The Hall–Kier alpha value is -1.25. The van der Waals surface area contributed by atoms with Gasteiger partial charge in [-0.05, 0) is 31.8 Å². The van der Waals surface area contributed by atoms with Gasteiger partial charge in [-0.1, -0.05) is 38.5 Å². The van der Waals surface area contributed by atoms with Crippen molar-refractivity contribution in [3.05, 3.63) is 24.8 Å². The van der Waals surface area contributed by atoms with E-state index < -0.39 is 0 Å². The van der Waals surface area contributed by atoms with E-state index in [1.807, 2.05) is 0 Å². The first-order valence-corrected chi connectivity index (χ1v) is 6.52. The molecule has 0 bridgehead atoms. The van der Waals surface area contributed by atoms with Gasteiger partial charge in [-0.15, -0.1) is 0 Å². The number of unbranched alkanes of at least 4 members (excludes halogenated alkanes) is 3. The van der Waals surface area contributed by atoms with Crippen molar-refractivity contribution in [3.8, 4) is 0 Å². The van der Waals surface area contributed by atoms with Crippen LogP contribution in [0.1, 0.15) is 45.4 Å². The van der Waals surface area contributed by atoms with E-state index >= 15 is 0 Å². The molecule has 0 aromatic heterocycles. The van der Waals surface area contributed by atoms with Gasteiger partial charge < -0.3 is 10.1 Å². The van der Waals surface area contributed by atoms with Crippen molar-refractivity contribution in [1.29, 1.82) is 0 Å². The van der Waals surface area contributed by atoms with Crippen LogP contribution in [0.25, 0.3) is 0 Å². The quantitative estimate of drug-likeness (QED) is 0.517. The maximum absolute atomic E-state index is 11.0. The number of hydrogen-bond acceptors (Lipinski definition) is 2. The lowest BCUT2D eigenvalue weighted by atomic mass is 10.1. The Morgan fingerprint density at radius 3 is 2.82 bits per heavy atom. The highest BCUT2D eigenvalue weighted by Gasteiger charge is 2.30. The van der Waals surface area contributed by atoms with E-state index in [0.29, 0.717) is 0 Å². The number of carbonyl (C=O) groups is 1. The molecule has 2 atom stereocenters. The summed E-state index contributed by atoms with van der Waals surface area (Å²) in [6.45, 7) is 5.88. The van der Waals surface area contributed by atoms with E-state index in [0.717, 1.165) is 19.3 Å². The molecule has 3 heteroatoms. The zero-order chi connectivity index (χ0) is 12.5. The second-order valence-electron chi connectivity index (χ2n) is 4.40. The van der Waals surface area contributed by atoms with Gasteiger partial charge in [0.05, 0.1) is 6.04 Å². The Balaban J connectivity index is 2.13. The largest absolute Gasteiger partial charge is 0.440 e. The van der Waals surface area contributed by atoms with Gasteiger partial charge in [0.15, 0.2) is 0 Å². The Kier molecular flexibility index (Phi) is 6.45. The summed E-state index contributed by atoms with van der Waals surface area (Å²) in [6.07, 6.45) is 12.5. The third kappa shape index (κ3) is 5.07. The molecule has 1 aliphatic heterocycles. The van der Waals surface area contributed by atoms with Crippen molar-refractivity contribution in [1.82, 2.24) is 5.32 Å². The van der Waals surface area contributed by atoms with Crippen molar-refractivity contribution >= 4 is 6.09 Å². The Bertz CT molecular complexity index is 273. The number of ether oxygens (including phenoxy) is 1. The predicted octanol–water partition coefficient (Wildman–Crippen LogP) is 3.57. The third-order valence-corrected chi connectivity index (χ3v) is 2.96. The van der Waals surface area contributed by atoms with E-state index in [4.69, 9.17) is 4.74 Å². The molecule has 1 fully saturated rings. The molecular weight excluding hydrogens is 214 g/mol. The van der Waals surface area contributed by atoms with E-state index in [9.17, 15) is 4.79 Å². The lowest BCUT2D eigenvalue weighted by molar-refractivity contribution is 0.153. The number of cyclic esters (lactones) is 1. The topological polar surface area (TPSA) is 38.3 Å². The molecule has 0 saturated carbocycles. The highest BCUT2D eigenvalue weighted by molar-refractivity contribution is 5.70. The lowest BCUT2D eigenvalue weighted by Gasteiger charge is -2.11. The summed E-state index contributed by atoms with van der Waals surface area (Å²) in [5, 5.41) is 2.80. The molecule has 1 amide bonds. The maximum Gasteiger partial charge on any atom is 0.408 e. The molecule has 0 unspecified atom stereocenters. The molecule has 0 aromatic rings. The number of carbonyl (C=O) groups excluding carboxylic acids is 1. The zero-order valence-corrected chi connectivity index (χ0v) is 10.7. The second-order valence-corrected chi connectivity index (χ2v) is 4.40. The van der Waals surface area contributed by atoms with Gasteiger partial charge in [0.25, 0.3) is 0 Å². The van der Waals surface area contributed by atoms with Crippen LogP contribution in [-0.4, -0.2) is 18.2 Å². The van der Waals surface area contributed by atoms with Gasteiger partial charge in [-0.2, -0.15) is 0 Å². The molecule has 1 heterocycles. The molecule has 17 heavy (non-hydrogen) atoms. The van der Waals surface area contributed by atoms with Crippen LogP contribution in [0.4, 0.5) is 4.79 Å². The molecular formula is C14H23NO2. The van der Waals surface area contributed by atoms with E-state index in [1.165, 1.54) is 19.3 Å². The summed E-state index contributed by atoms with van der Waals surface area (Å²) in [7, 11) is 0. The molecule has 0 aliphatic carbocycles. The van der Waals surface area contributed by atoms with Gasteiger partial charge in [-0.25, -0.2) is 4.79 Å². The molecule has 1 aliphatic rings. The summed E-state index contributed by atoms with van der Waals surface area (Å²) in [5.41, 5.74) is 0. The smallest absolute Gasteiger partial charge is 0.408 e. The van der Waals surface area contributed by atoms with Gasteiger partial charge >= 0.3 is 6.09 Å². The van der Waals surface area contributed by atoms with Crippen molar-refractivity contribution in [2.75, 3.05) is 0 Å². The second kappa shape index (κ2) is 7.93. The predicted molar refractivity (Wildman–Crippen MR) is 69.9 cm³/mol. The summed E-state index contributed by atoms with van der Waals surface area (Å²) in [5.74, 6) is 0. The molecule has 0 radical (unpaired) electrons. The number of alkyl carbamates (subject to hydrolysis) is 1. The fraction of sp³-hybridized carbons (Fsp3) is 0.643. The van der Waals surface area contributed by atoms with Gasteiger partial charge in [0.2, 0.25) is 0 Å². The standard InChI is InChI=1S/C14H23NO2/c1-3-5-6-7-8-9-10-11-12-13(4-2)17-14(16)15-12/h4,8-9,12-13H,2-3,5-7,10-11H2,1H3,(H,15,16)/b9-8+/t12-,13+/m1/s1. The Labute approximate surface area is 104 Å². The van der Waals surface area contributed by atoms with Gasteiger partial charge in [-0.3, -0.25) is 0 Å². The van der Waals surface area contributed by atoms with Crippen molar-refractivity contribution in [2.24, 2.45) is 0 Å². The molecule has 96 valence electrons. The monoisotopic (exact) mass is 237 g/mol. The average molecular weight is 237 g/mol. The van der Waals surface area contributed by atoms with Crippen molar-refractivity contribution < 1.29 is 9.53 Å². The molecule has 3 nitrogen and oxygen atoms in total. The number of amides is 1. The van der Waals surface area contributed by atoms with Crippen LogP contribution in [0.15, 0.2) is 24.8 Å². The summed E-state index contributed by atoms with van der Waals surface area (Å²) < 4.78 is 5.04. The molecule has 0 aromatic carbocycles. The minimum Gasteiger partial charge on any atom is -0.440 e. The van der Waals surface area contributed by atoms with E-state index in [1.54, 1.807) is 6.08 Å².